The molecule has 2 aromatic heterocycles. The highest BCUT2D eigenvalue weighted by atomic mass is 32.2. The summed E-state index contributed by atoms with van der Waals surface area (Å²) in [6.45, 7) is 1.98. The number of carbonyl (C=O) groups is 1. The van der Waals surface area contributed by atoms with E-state index < -0.39 is 0 Å². The molecule has 0 aliphatic rings. The number of rotatable bonds is 8. The number of hydrogen-bond donors (Lipinski definition) is 2. The van der Waals surface area contributed by atoms with E-state index in [-0.39, 0.29) is 5.91 Å². The van der Waals surface area contributed by atoms with Crippen molar-refractivity contribution in [3.05, 3.63) is 84.6 Å². The quantitative estimate of drug-likeness (QED) is 0.268. The lowest BCUT2D eigenvalue weighted by Crippen LogP contribution is -2.12. The number of nitrogens with one attached hydrogen (secondary N) is 2. The first kappa shape index (κ1) is 20.9. The SMILES string of the molecule is Cc1ccnc(NC(=O)CCCSc2nc(-c3ccccc3)c(-c3ccccc3)[nH]2)c1. The number of nitrogens with zero attached hydrogens (tertiary/aromatic N) is 2. The third-order valence-corrected chi connectivity index (χ3v) is 5.72. The molecule has 0 fully saturated rings. The number of amides is 1. The summed E-state index contributed by atoms with van der Waals surface area (Å²) in [5.41, 5.74) is 5.21. The second-order valence-electron chi connectivity index (χ2n) is 7.22. The summed E-state index contributed by atoms with van der Waals surface area (Å²) in [6.07, 6.45) is 2.90. The number of hydrogen-bond acceptors (Lipinski definition) is 4. The maximum absolute atomic E-state index is 12.2. The zero-order valence-corrected chi connectivity index (χ0v) is 18.2. The van der Waals surface area contributed by atoms with Gasteiger partial charge in [-0.15, -0.1) is 0 Å². The number of H-pyrrole nitrogens is 1. The Morgan fingerprint density at radius 3 is 2.42 bits per heavy atom. The van der Waals surface area contributed by atoms with E-state index in [0.29, 0.717) is 12.2 Å². The summed E-state index contributed by atoms with van der Waals surface area (Å²) in [5.74, 6) is 1.38. The molecule has 0 saturated heterocycles. The van der Waals surface area contributed by atoms with Gasteiger partial charge in [0.25, 0.3) is 0 Å². The highest BCUT2D eigenvalue weighted by molar-refractivity contribution is 7.99. The molecular weight excluding hydrogens is 404 g/mol. The van der Waals surface area contributed by atoms with Gasteiger partial charge in [0, 0.05) is 29.5 Å². The molecule has 5 nitrogen and oxygen atoms in total. The summed E-state index contributed by atoms with van der Waals surface area (Å²) in [4.78, 5) is 24.7. The fourth-order valence-electron chi connectivity index (χ4n) is 3.25. The molecular formula is C25H24N4OS. The number of thioether (sulfide) groups is 1. The van der Waals surface area contributed by atoms with Crippen LogP contribution in [0, 0.1) is 6.92 Å². The molecule has 0 bridgehead atoms. The maximum atomic E-state index is 12.2. The van der Waals surface area contributed by atoms with Gasteiger partial charge < -0.3 is 10.3 Å². The molecule has 0 radical (unpaired) electrons. The van der Waals surface area contributed by atoms with Crippen molar-refractivity contribution in [1.29, 1.82) is 0 Å². The van der Waals surface area contributed by atoms with Crippen molar-refractivity contribution in [2.24, 2.45) is 0 Å². The molecule has 31 heavy (non-hydrogen) atoms. The molecule has 156 valence electrons. The van der Waals surface area contributed by atoms with Crippen LogP contribution < -0.4 is 5.32 Å². The Kier molecular flexibility index (Phi) is 6.79. The monoisotopic (exact) mass is 428 g/mol. The van der Waals surface area contributed by atoms with Crippen molar-refractivity contribution in [1.82, 2.24) is 15.0 Å². The number of pyridine rings is 1. The van der Waals surface area contributed by atoms with Gasteiger partial charge in [0.05, 0.1) is 11.4 Å². The molecule has 2 N–H and O–H groups in total. The van der Waals surface area contributed by atoms with Crippen molar-refractivity contribution in [2.45, 2.75) is 24.9 Å². The van der Waals surface area contributed by atoms with Gasteiger partial charge in [-0.2, -0.15) is 0 Å². The Morgan fingerprint density at radius 1 is 1.00 bits per heavy atom. The molecule has 0 saturated carbocycles. The van der Waals surface area contributed by atoms with E-state index in [2.05, 4.69) is 39.6 Å². The highest BCUT2D eigenvalue weighted by Gasteiger charge is 2.14. The van der Waals surface area contributed by atoms with Gasteiger partial charge in [-0.3, -0.25) is 4.79 Å². The van der Waals surface area contributed by atoms with Crippen LogP contribution in [0.5, 0.6) is 0 Å². The van der Waals surface area contributed by atoms with E-state index in [0.717, 1.165) is 45.4 Å². The van der Waals surface area contributed by atoms with Gasteiger partial charge in [0.2, 0.25) is 5.91 Å². The minimum Gasteiger partial charge on any atom is -0.332 e. The second kappa shape index (κ2) is 10.1. The number of aromatic nitrogens is 3. The van der Waals surface area contributed by atoms with Crippen LogP contribution in [0.25, 0.3) is 22.5 Å². The van der Waals surface area contributed by atoms with E-state index in [1.807, 2.05) is 55.5 Å². The van der Waals surface area contributed by atoms with Crippen LogP contribution in [0.2, 0.25) is 0 Å². The molecule has 0 aliphatic heterocycles. The summed E-state index contributed by atoms with van der Waals surface area (Å²) in [5, 5.41) is 3.71. The third-order valence-electron chi connectivity index (χ3n) is 4.76. The second-order valence-corrected chi connectivity index (χ2v) is 8.30. The molecule has 4 aromatic rings. The lowest BCUT2D eigenvalue weighted by Gasteiger charge is -2.04. The van der Waals surface area contributed by atoms with Crippen LogP contribution in [0.3, 0.4) is 0 Å². The standard InChI is InChI=1S/C25H24N4OS/c1-18-14-15-26-21(17-18)27-22(30)13-8-16-31-25-28-23(19-9-4-2-5-10-19)24(29-25)20-11-6-3-7-12-20/h2-7,9-12,14-15,17H,8,13,16H2,1H3,(H,28,29)(H,26,27,30). The number of carbonyl (C=O) groups excluding carboxylic acids is 1. The number of aryl methyl sites for hydroxylation is 1. The van der Waals surface area contributed by atoms with Crippen molar-refractivity contribution >= 4 is 23.5 Å². The van der Waals surface area contributed by atoms with Crippen LogP contribution in [0.1, 0.15) is 18.4 Å². The molecule has 0 spiro atoms. The Balaban J connectivity index is 1.39. The maximum Gasteiger partial charge on any atom is 0.225 e. The lowest BCUT2D eigenvalue weighted by atomic mass is 10.1. The van der Waals surface area contributed by atoms with Gasteiger partial charge in [0.15, 0.2) is 5.16 Å². The molecule has 2 heterocycles. The minimum atomic E-state index is -0.0203. The van der Waals surface area contributed by atoms with Crippen molar-refractivity contribution < 1.29 is 4.79 Å². The Morgan fingerprint density at radius 2 is 1.71 bits per heavy atom. The lowest BCUT2D eigenvalue weighted by molar-refractivity contribution is -0.116. The van der Waals surface area contributed by atoms with E-state index in [1.54, 1.807) is 18.0 Å². The molecule has 6 heteroatoms. The Bertz CT molecular complexity index is 1090. The average Bonchev–Trinajstić information content (AvgIpc) is 3.22. The van der Waals surface area contributed by atoms with Crippen LogP contribution in [0.15, 0.2) is 84.1 Å². The molecule has 1 amide bonds. The van der Waals surface area contributed by atoms with E-state index in [9.17, 15) is 4.79 Å². The van der Waals surface area contributed by atoms with Crippen LogP contribution in [0.4, 0.5) is 5.82 Å². The predicted octanol–water partition coefficient (Wildman–Crippen LogP) is 5.96. The van der Waals surface area contributed by atoms with Gasteiger partial charge >= 0.3 is 0 Å². The first-order chi connectivity index (χ1) is 15.2. The summed E-state index contributed by atoms with van der Waals surface area (Å²) in [7, 11) is 0. The van der Waals surface area contributed by atoms with Gasteiger partial charge in [-0.05, 0) is 31.0 Å². The van der Waals surface area contributed by atoms with E-state index >= 15 is 0 Å². The molecule has 4 rings (SSSR count). The number of aromatic amines is 1. The first-order valence-corrected chi connectivity index (χ1v) is 11.2. The van der Waals surface area contributed by atoms with Crippen LogP contribution in [-0.4, -0.2) is 26.6 Å². The number of anilines is 1. The molecule has 2 aromatic carbocycles. The summed E-state index contributed by atoms with van der Waals surface area (Å²) >= 11 is 1.63. The van der Waals surface area contributed by atoms with Gasteiger partial charge in [-0.1, -0.05) is 72.4 Å². The molecule has 0 unspecified atom stereocenters. The first-order valence-electron chi connectivity index (χ1n) is 10.3. The number of benzene rings is 2. The third kappa shape index (κ3) is 5.61. The predicted molar refractivity (Wildman–Crippen MR) is 127 cm³/mol. The largest absolute Gasteiger partial charge is 0.332 e. The van der Waals surface area contributed by atoms with Crippen molar-refractivity contribution in [3.8, 4) is 22.5 Å². The van der Waals surface area contributed by atoms with Crippen molar-refractivity contribution in [3.63, 3.8) is 0 Å². The fourth-order valence-corrected chi connectivity index (χ4v) is 4.06. The fraction of sp³-hybridized carbons (Fsp3) is 0.160. The molecule has 0 atom stereocenters. The van der Waals surface area contributed by atoms with Crippen molar-refractivity contribution in [2.75, 3.05) is 11.1 Å². The number of imidazole rings is 1. The van der Waals surface area contributed by atoms with Crippen LogP contribution >= 0.6 is 11.8 Å². The minimum absolute atomic E-state index is 0.0203. The van der Waals surface area contributed by atoms with E-state index in [1.165, 1.54) is 0 Å². The summed E-state index contributed by atoms with van der Waals surface area (Å²) in [6, 6.07) is 24.2. The van der Waals surface area contributed by atoms with Crippen LogP contribution in [-0.2, 0) is 4.79 Å². The Hall–Kier alpha value is -3.38. The van der Waals surface area contributed by atoms with Gasteiger partial charge in [-0.25, -0.2) is 9.97 Å². The highest BCUT2D eigenvalue weighted by Crippen LogP contribution is 2.32. The van der Waals surface area contributed by atoms with Gasteiger partial charge in [0.1, 0.15) is 5.82 Å². The topological polar surface area (TPSA) is 70.7 Å². The smallest absolute Gasteiger partial charge is 0.225 e. The normalized spacial score (nSPS) is 10.7. The molecule has 0 aliphatic carbocycles. The van der Waals surface area contributed by atoms with E-state index in [4.69, 9.17) is 4.98 Å². The zero-order chi connectivity index (χ0) is 21.5. The Labute approximate surface area is 186 Å². The zero-order valence-electron chi connectivity index (χ0n) is 17.3. The summed E-state index contributed by atoms with van der Waals surface area (Å²) < 4.78 is 0. The average molecular weight is 429 g/mol.